The average Bonchev–Trinajstić information content (AvgIpc) is 2.68. The molecule has 3 rings (SSSR count). The van der Waals surface area contributed by atoms with E-state index >= 15 is 0 Å². The molecule has 1 atom stereocenters. The molecule has 0 aliphatic heterocycles. The van der Waals surface area contributed by atoms with Gasteiger partial charge in [-0.25, -0.2) is 9.59 Å². The van der Waals surface area contributed by atoms with Gasteiger partial charge in [0, 0.05) is 22.9 Å². The van der Waals surface area contributed by atoms with Gasteiger partial charge in [0.25, 0.3) is 0 Å². The molecule has 0 aliphatic carbocycles. The zero-order valence-corrected chi connectivity index (χ0v) is 16.6. The minimum absolute atomic E-state index is 0.293. The van der Waals surface area contributed by atoms with Crippen LogP contribution in [0.5, 0.6) is 5.75 Å². The molecule has 0 spiro atoms. The Kier molecular flexibility index (Phi) is 5.83. The SMILES string of the molecule is CCOC(=O)[C@H](C)Oc1ccc2c(C)c(Cc3ccccc3)c(=O)oc2c1C. The highest BCUT2D eigenvalue weighted by molar-refractivity contribution is 5.86. The van der Waals surface area contributed by atoms with Crippen LogP contribution in [0, 0.1) is 13.8 Å². The van der Waals surface area contributed by atoms with Crippen LogP contribution in [0.3, 0.4) is 0 Å². The molecule has 3 aromatic rings. The third kappa shape index (κ3) is 3.93. The molecule has 0 radical (unpaired) electrons. The number of rotatable bonds is 6. The molecule has 0 bridgehead atoms. The molecule has 5 nitrogen and oxygen atoms in total. The summed E-state index contributed by atoms with van der Waals surface area (Å²) in [7, 11) is 0. The van der Waals surface area contributed by atoms with Crippen molar-refractivity contribution < 1.29 is 18.7 Å². The van der Waals surface area contributed by atoms with Crippen molar-refractivity contribution >= 4 is 16.9 Å². The second kappa shape index (κ2) is 8.30. The Morgan fingerprint density at radius 1 is 1.07 bits per heavy atom. The van der Waals surface area contributed by atoms with E-state index in [2.05, 4.69) is 0 Å². The summed E-state index contributed by atoms with van der Waals surface area (Å²) in [5.74, 6) is 0.0595. The fourth-order valence-electron chi connectivity index (χ4n) is 3.20. The summed E-state index contributed by atoms with van der Waals surface area (Å²) in [4.78, 5) is 24.5. The van der Waals surface area contributed by atoms with Gasteiger partial charge in [-0.2, -0.15) is 0 Å². The van der Waals surface area contributed by atoms with Crippen molar-refractivity contribution in [3.8, 4) is 5.75 Å². The van der Waals surface area contributed by atoms with Gasteiger partial charge in [0.1, 0.15) is 11.3 Å². The third-order valence-electron chi connectivity index (χ3n) is 4.80. The lowest BCUT2D eigenvalue weighted by Crippen LogP contribution is -2.26. The summed E-state index contributed by atoms with van der Waals surface area (Å²) < 4.78 is 16.4. The largest absolute Gasteiger partial charge is 0.479 e. The van der Waals surface area contributed by atoms with Crippen molar-refractivity contribution in [1.29, 1.82) is 0 Å². The topological polar surface area (TPSA) is 65.7 Å². The van der Waals surface area contributed by atoms with Gasteiger partial charge >= 0.3 is 11.6 Å². The lowest BCUT2D eigenvalue weighted by atomic mass is 9.98. The number of aryl methyl sites for hydroxylation is 2. The minimum atomic E-state index is -0.749. The van der Waals surface area contributed by atoms with Crippen molar-refractivity contribution in [2.75, 3.05) is 6.61 Å². The van der Waals surface area contributed by atoms with E-state index in [1.807, 2.05) is 50.2 Å². The van der Waals surface area contributed by atoms with E-state index in [0.717, 1.165) is 16.5 Å². The fraction of sp³-hybridized carbons (Fsp3) is 0.304. The van der Waals surface area contributed by atoms with Crippen LogP contribution in [-0.2, 0) is 16.0 Å². The second-order valence-corrected chi connectivity index (χ2v) is 6.73. The number of carbonyl (C=O) groups is 1. The molecule has 1 heterocycles. The molecule has 0 amide bonds. The molecule has 0 fully saturated rings. The highest BCUT2D eigenvalue weighted by atomic mass is 16.6. The lowest BCUT2D eigenvalue weighted by molar-refractivity contribution is -0.150. The van der Waals surface area contributed by atoms with Crippen LogP contribution >= 0.6 is 0 Å². The molecular formula is C23H24O5. The van der Waals surface area contributed by atoms with Gasteiger partial charge in [-0.1, -0.05) is 30.3 Å². The van der Waals surface area contributed by atoms with Crippen LogP contribution in [0.25, 0.3) is 11.0 Å². The summed E-state index contributed by atoms with van der Waals surface area (Å²) in [6, 6.07) is 13.5. The molecule has 0 saturated heterocycles. The molecule has 5 heteroatoms. The number of carbonyl (C=O) groups excluding carboxylic acids is 1. The van der Waals surface area contributed by atoms with Crippen molar-refractivity contribution in [2.45, 2.75) is 40.2 Å². The number of benzene rings is 2. The third-order valence-corrected chi connectivity index (χ3v) is 4.80. The fourth-order valence-corrected chi connectivity index (χ4v) is 3.20. The van der Waals surface area contributed by atoms with Crippen molar-refractivity contribution in [3.63, 3.8) is 0 Å². The first-order valence-electron chi connectivity index (χ1n) is 9.35. The molecule has 0 saturated carbocycles. The van der Waals surface area contributed by atoms with E-state index in [1.54, 1.807) is 19.9 Å². The van der Waals surface area contributed by atoms with Gasteiger partial charge in [-0.05, 0) is 51.0 Å². The van der Waals surface area contributed by atoms with Crippen molar-refractivity contribution in [3.05, 3.63) is 75.1 Å². The highest BCUT2D eigenvalue weighted by Crippen LogP contribution is 2.30. The molecule has 0 unspecified atom stereocenters. The first-order valence-corrected chi connectivity index (χ1v) is 9.35. The standard InChI is InChI=1S/C23H24O5/c1-5-26-22(24)16(4)27-20-12-11-18-14(2)19(13-17-9-7-6-8-10-17)23(25)28-21(18)15(20)3/h6-12,16H,5,13H2,1-4H3/t16-/m0/s1. The number of fused-ring (bicyclic) bond motifs is 1. The van der Waals surface area contributed by atoms with Gasteiger partial charge in [0.2, 0.25) is 0 Å². The first-order chi connectivity index (χ1) is 13.4. The second-order valence-electron chi connectivity index (χ2n) is 6.73. The number of ether oxygens (including phenoxy) is 2. The van der Waals surface area contributed by atoms with E-state index in [4.69, 9.17) is 13.9 Å². The van der Waals surface area contributed by atoms with Crippen molar-refractivity contribution in [1.82, 2.24) is 0 Å². The van der Waals surface area contributed by atoms with Gasteiger partial charge < -0.3 is 13.9 Å². The maximum atomic E-state index is 12.7. The summed E-state index contributed by atoms with van der Waals surface area (Å²) in [5.41, 5.74) is 3.40. The van der Waals surface area contributed by atoms with Crippen LogP contribution in [0.15, 0.2) is 51.7 Å². The van der Waals surface area contributed by atoms with E-state index in [1.165, 1.54) is 0 Å². The Labute approximate surface area is 163 Å². The minimum Gasteiger partial charge on any atom is -0.479 e. The van der Waals surface area contributed by atoms with Crippen LogP contribution < -0.4 is 10.4 Å². The van der Waals surface area contributed by atoms with Gasteiger partial charge in [0.05, 0.1) is 6.61 Å². The Bertz CT molecular complexity index is 1050. The Hall–Kier alpha value is -3.08. The quantitative estimate of drug-likeness (QED) is 0.470. The number of hydrogen-bond acceptors (Lipinski definition) is 5. The number of esters is 1. The molecule has 1 aromatic heterocycles. The maximum absolute atomic E-state index is 12.7. The predicted molar refractivity (Wildman–Crippen MR) is 108 cm³/mol. The molecule has 28 heavy (non-hydrogen) atoms. The average molecular weight is 380 g/mol. The Morgan fingerprint density at radius 3 is 2.46 bits per heavy atom. The van der Waals surface area contributed by atoms with Crippen LogP contribution in [0.4, 0.5) is 0 Å². The van der Waals surface area contributed by atoms with Gasteiger partial charge in [-0.3, -0.25) is 0 Å². The summed E-state index contributed by atoms with van der Waals surface area (Å²) in [6.07, 6.45) is -0.233. The van der Waals surface area contributed by atoms with E-state index < -0.39 is 12.1 Å². The van der Waals surface area contributed by atoms with Gasteiger partial charge in [0.15, 0.2) is 6.10 Å². The summed E-state index contributed by atoms with van der Waals surface area (Å²) in [5, 5.41) is 0.860. The smallest absolute Gasteiger partial charge is 0.347 e. The monoisotopic (exact) mass is 380 g/mol. The normalized spacial score (nSPS) is 12.0. The van der Waals surface area contributed by atoms with E-state index in [0.29, 0.717) is 35.5 Å². The van der Waals surface area contributed by atoms with E-state index in [-0.39, 0.29) is 5.63 Å². The highest BCUT2D eigenvalue weighted by Gasteiger charge is 2.20. The maximum Gasteiger partial charge on any atom is 0.347 e. The zero-order chi connectivity index (χ0) is 20.3. The lowest BCUT2D eigenvalue weighted by Gasteiger charge is -2.16. The molecule has 0 N–H and O–H groups in total. The first kappa shape index (κ1) is 19.7. The summed E-state index contributed by atoms with van der Waals surface area (Å²) >= 11 is 0. The molecule has 2 aromatic carbocycles. The van der Waals surface area contributed by atoms with E-state index in [9.17, 15) is 9.59 Å². The Morgan fingerprint density at radius 2 is 1.79 bits per heavy atom. The molecule has 0 aliphatic rings. The van der Waals surface area contributed by atoms with Crippen molar-refractivity contribution in [2.24, 2.45) is 0 Å². The molecular weight excluding hydrogens is 356 g/mol. The number of hydrogen-bond donors (Lipinski definition) is 0. The molecule has 146 valence electrons. The van der Waals surface area contributed by atoms with Crippen LogP contribution in [0.1, 0.15) is 36.1 Å². The van der Waals surface area contributed by atoms with Crippen LogP contribution in [0.2, 0.25) is 0 Å². The van der Waals surface area contributed by atoms with Crippen LogP contribution in [-0.4, -0.2) is 18.7 Å². The zero-order valence-electron chi connectivity index (χ0n) is 16.6. The Balaban J connectivity index is 1.99. The predicted octanol–water partition coefficient (Wildman–Crippen LogP) is 4.33. The van der Waals surface area contributed by atoms with Gasteiger partial charge in [-0.15, -0.1) is 0 Å². The summed E-state index contributed by atoms with van der Waals surface area (Å²) in [6.45, 7) is 7.41.